The van der Waals surface area contributed by atoms with Crippen molar-refractivity contribution in [2.45, 2.75) is 209 Å². The SMILES string of the molecule is CC.CC.CCCCCCCCC(CCCCCC)CN1C(=O)C2=C(c3ccc(Br)s3)N(CC(CCCCCC)CCCCCCCC)C(=O)C2=C1c1ccc(Br)s1. The second kappa shape index (κ2) is 31.6. The van der Waals surface area contributed by atoms with Gasteiger partial charge in [0.05, 0.1) is 39.9 Å². The molecule has 2 aliphatic heterocycles. The van der Waals surface area contributed by atoms with Crippen molar-refractivity contribution in [3.8, 4) is 0 Å². The lowest BCUT2D eigenvalue weighted by molar-refractivity contribution is -0.124. The molecule has 2 aliphatic rings. The zero-order chi connectivity index (χ0) is 42.7. The Hall–Kier alpha value is -1.22. The number of halogens is 2. The molecule has 0 fully saturated rings. The minimum atomic E-state index is 0.0248. The topological polar surface area (TPSA) is 40.6 Å². The van der Waals surface area contributed by atoms with Crippen LogP contribution in [0.3, 0.4) is 0 Å². The first-order valence-electron chi connectivity index (χ1n) is 24.0. The van der Waals surface area contributed by atoms with Crippen LogP contribution in [-0.4, -0.2) is 34.7 Å². The van der Waals surface area contributed by atoms with Crippen molar-refractivity contribution in [1.82, 2.24) is 9.80 Å². The van der Waals surface area contributed by atoms with Gasteiger partial charge in [-0.3, -0.25) is 9.59 Å². The minimum Gasteiger partial charge on any atom is -0.306 e. The minimum absolute atomic E-state index is 0.0248. The molecule has 0 bridgehead atoms. The molecule has 4 rings (SSSR count). The summed E-state index contributed by atoms with van der Waals surface area (Å²) < 4.78 is 2.05. The summed E-state index contributed by atoms with van der Waals surface area (Å²) in [4.78, 5) is 36.3. The van der Waals surface area contributed by atoms with Crippen LogP contribution in [0.5, 0.6) is 0 Å². The van der Waals surface area contributed by atoms with Crippen molar-refractivity contribution in [3.63, 3.8) is 0 Å². The number of amides is 2. The van der Waals surface area contributed by atoms with E-state index in [0.29, 0.717) is 36.1 Å². The summed E-state index contributed by atoms with van der Waals surface area (Å²) in [5.41, 5.74) is 2.98. The van der Waals surface area contributed by atoms with E-state index in [0.717, 1.165) is 54.4 Å². The summed E-state index contributed by atoms with van der Waals surface area (Å²) >= 11 is 10.7. The number of unbranched alkanes of at least 4 members (excludes halogenated alkanes) is 16. The van der Waals surface area contributed by atoms with Gasteiger partial charge in [-0.2, -0.15) is 0 Å². The van der Waals surface area contributed by atoms with Crippen molar-refractivity contribution in [3.05, 3.63) is 52.7 Å². The van der Waals surface area contributed by atoms with Gasteiger partial charge in [0.15, 0.2) is 0 Å². The Morgan fingerprint density at radius 3 is 1.00 bits per heavy atom. The van der Waals surface area contributed by atoms with Gasteiger partial charge in [0.1, 0.15) is 0 Å². The Morgan fingerprint density at radius 1 is 0.448 bits per heavy atom. The maximum Gasteiger partial charge on any atom is 0.261 e. The molecule has 4 heterocycles. The lowest BCUT2D eigenvalue weighted by Crippen LogP contribution is -2.34. The first-order chi connectivity index (χ1) is 28.3. The Labute approximate surface area is 381 Å². The lowest BCUT2D eigenvalue weighted by Gasteiger charge is -2.29. The van der Waals surface area contributed by atoms with Crippen molar-refractivity contribution in [2.24, 2.45) is 11.8 Å². The van der Waals surface area contributed by atoms with Gasteiger partial charge in [0, 0.05) is 13.1 Å². The maximum absolute atomic E-state index is 15.1. The van der Waals surface area contributed by atoms with Crippen LogP contribution < -0.4 is 0 Å². The molecule has 2 aromatic rings. The Morgan fingerprint density at radius 2 is 0.724 bits per heavy atom. The van der Waals surface area contributed by atoms with Crippen LogP contribution in [0, 0.1) is 11.8 Å². The summed E-state index contributed by atoms with van der Waals surface area (Å²) in [5.74, 6) is 0.894. The first kappa shape index (κ1) is 52.9. The molecule has 0 radical (unpaired) electrons. The van der Waals surface area contributed by atoms with Crippen LogP contribution in [0.4, 0.5) is 0 Å². The molecule has 58 heavy (non-hydrogen) atoms. The number of hydrogen-bond donors (Lipinski definition) is 0. The zero-order valence-corrected chi connectivity index (χ0v) is 42.9. The molecule has 0 aromatic carbocycles. The van der Waals surface area contributed by atoms with E-state index in [9.17, 15) is 0 Å². The molecule has 0 N–H and O–H groups in total. The predicted octanol–water partition coefficient (Wildman–Crippen LogP) is 17.9. The molecule has 0 aliphatic carbocycles. The van der Waals surface area contributed by atoms with Crippen LogP contribution in [0.1, 0.15) is 219 Å². The number of carbonyl (C=O) groups is 2. The number of fused-ring (bicyclic) bond motifs is 1. The molecule has 2 amide bonds. The lowest BCUT2D eigenvalue weighted by atomic mass is 9.93. The highest BCUT2D eigenvalue weighted by Crippen LogP contribution is 2.50. The number of rotatable bonds is 30. The number of nitrogens with zero attached hydrogens (tertiary/aromatic N) is 2. The third-order valence-electron chi connectivity index (χ3n) is 11.5. The molecule has 4 nitrogen and oxygen atoms in total. The summed E-state index contributed by atoms with van der Waals surface area (Å²) in [5, 5.41) is 0. The van der Waals surface area contributed by atoms with Crippen LogP contribution in [0.15, 0.2) is 43.0 Å². The fourth-order valence-corrected chi connectivity index (χ4v) is 11.3. The molecule has 2 aromatic heterocycles. The largest absolute Gasteiger partial charge is 0.306 e. The predicted molar refractivity (Wildman–Crippen MR) is 264 cm³/mol. The number of carbonyl (C=O) groups excluding carboxylic acids is 2. The molecule has 0 spiro atoms. The van der Waals surface area contributed by atoms with E-state index in [-0.39, 0.29) is 11.8 Å². The average molecular weight is 967 g/mol. The fraction of sp³-hybridized carbons (Fsp3) is 0.720. The van der Waals surface area contributed by atoms with E-state index in [1.54, 1.807) is 22.7 Å². The summed E-state index contributed by atoms with van der Waals surface area (Å²) in [7, 11) is 0. The van der Waals surface area contributed by atoms with E-state index in [4.69, 9.17) is 0 Å². The van der Waals surface area contributed by atoms with Crippen LogP contribution in [-0.2, 0) is 9.59 Å². The Kier molecular flexibility index (Phi) is 28.8. The van der Waals surface area contributed by atoms with E-state index in [1.807, 2.05) is 37.5 Å². The fourth-order valence-electron chi connectivity index (χ4n) is 8.46. The first-order valence-corrected chi connectivity index (χ1v) is 27.2. The van der Waals surface area contributed by atoms with E-state index in [2.05, 4.69) is 83.8 Å². The van der Waals surface area contributed by atoms with Crippen LogP contribution in [0.25, 0.3) is 11.4 Å². The average Bonchev–Trinajstić information content (AvgIpc) is 4.00. The van der Waals surface area contributed by atoms with Gasteiger partial charge in [-0.25, -0.2) is 0 Å². The third-order valence-corrected chi connectivity index (χ3v) is 14.8. The van der Waals surface area contributed by atoms with E-state index >= 15 is 9.59 Å². The van der Waals surface area contributed by atoms with Gasteiger partial charge < -0.3 is 9.80 Å². The van der Waals surface area contributed by atoms with Gasteiger partial charge in [0.25, 0.3) is 11.8 Å². The monoisotopic (exact) mass is 964 g/mol. The number of thiophene rings is 2. The van der Waals surface area contributed by atoms with Gasteiger partial charge in [-0.05, 0) is 93.6 Å². The molecule has 0 saturated carbocycles. The molecule has 2 atom stereocenters. The highest BCUT2D eigenvalue weighted by atomic mass is 79.9. The van der Waals surface area contributed by atoms with Crippen molar-refractivity contribution in [2.75, 3.05) is 13.1 Å². The third kappa shape index (κ3) is 16.9. The molecule has 8 heteroatoms. The second-order valence-corrected chi connectivity index (χ2v) is 21.0. The van der Waals surface area contributed by atoms with Gasteiger partial charge in [-0.1, -0.05) is 184 Å². The van der Waals surface area contributed by atoms with E-state index in [1.165, 1.54) is 128 Å². The maximum atomic E-state index is 15.1. The second-order valence-electron chi connectivity index (χ2n) is 16.0. The molecular formula is C50H82Br2N2O2S2. The molecule has 2 unspecified atom stereocenters. The van der Waals surface area contributed by atoms with Crippen molar-refractivity contribution in [1.29, 1.82) is 0 Å². The molecule has 0 saturated heterocycles. The normalized spacial score (nSPS) is 14.9. The smallest absolute Gasteiger partial charge is 0.261 e. The highest BCUT2D eigenvalue weighted by molar-refractivity contribution is 9.11. The Balaban J connectivity index is 0.00000281. The molecule has 330 valence electrons. The Bertz CT molecular complexity index is 1380. The van der Waals surface area contributed by atoms with Crippen LogP contribution in [0.2, 0.25) is 0 Å². The quantitative estimate of drug-likeness (QED) is 0.0732. The standard InChI is InChI=1S/C46H70Br2N2O2S2.2C2H6/c1-5-9-13-17-19-23-27-35(25-21-15-11-7-3)33-49-43(37-29-31-39(47)53-37)41-42(45(49)51)44(38-30-32-40(48)54-38)50(46(41)52)34-36(26-22-16-12-8-4)28-24-20-18-14-10-6-2;2*1-2/h29-32,35-36H,5-28,33-34H2,1-4H3;2*1-2H3. The van der Waals surface area contributed by atoms with Crippen LogP contribution >= 0.6 is 54.5 Å². The molecular weight excluding hydrogens is 885 g/mol. The number of hydrogen-bond acceptors (Lipinski definition) is 4. The zero-order valence-electron chi connectivity index (χ0n) is 38.1. The van der Waals surface area contributed by atoms with Gasteiger partial charge in [0.2, 0.25) is 0 Å². The van der Waals surface area contributed by atoms with E-state index < -0.39 is 0 Å². The highest BCUT2D eigenvalue weighted by Gasteiger charge is 2.50. The summed E-state index contributed by atoms with van der Waals surface area (Å²) in [6, 6.07) is 8.35. The van der Waals surface area contributed by atoms with Gasteiger partial charge >= 0.3 is 0 Å². The van der Waals surface area contributed by atoms with Crippen molar-refractivity contribution >= 4 is 77.7 Å². The van der Waals surface area contributed by atoms with Crippen molar-refractivity contribution < 1.29 is 9.59 Å². The van der Waals surface area contributed by atoms with Gasteiger partial charge in [-0.15, -0.1) is 22.7 Å². The summed E-state index contributed by atoms with van der Waals surface area (Å²) in [6.45, 7) is 18.5. The summed E-state index contributed by atoms with van der Waals surface area (Å²) in [6.07, 6.45) is 29.8.